The highest BCUT2D eigenvalue weighted by Crippen LogP contribution is 2.35. The maximum absolute atomic E-state index is 13.2. The zero-order chi connectivity index (χ0) is 21.8. The van der Waals surface area contributed by atoms with Crippen LogP contribution in [0.3, 0.4) is 0 Å². The molecule has 0 N–H and O–H groups in total. The predicted molar refractivity (Wildman–Crippen MR) is 109 cm³/mol. The van der Waals surface area contributed by atoms with E-state index in [0.29, 0.717) is 18.5 Å². The van der Waals surface area contributed by atoms with Gasteiger partial charge in [-0.05, 0) is 30.5 Å². The van der Waals surface area contributed by atoms with Crippen LogP contribution in [0, 0.1) is 0 Å². The fourth-order valence-corrected chi connectivity index (χ4v) is 3.96. The van der Waals surface area contributed by atoms with Gasteiger partial charge in [0, 0.05) is 19.8 Å². The third-order valence-electron chi connectivity index (χ3n) is 4.68. The molecule has 1 fully saturated rings. The minimum Gasteiger partial charge on any atom is -0.488 e. The number of amides is 1. The molecule has 0 unspecified atom stereocenters. The molecule has 11 heteroatoms. The molecule has 1 amide bonds. The summed E-state index contributed by atoms with van der Waals surface area (Å²) in [6.07, 6.45) is 1.34. The number of aromatic nitrogens is 2. The second kappa shape index (κ2) is 9.61. The Kier molecular flexibility index (Phi) is 7.14. The Hall–Kier alpha value is -2.39. The van der Waals surface area contributed by atoms with Crippen LogP contribution in [0.5, 0.6) is 5.75 Å². The number of aryl methyl sites for hydroxylation is 1. The largest absolute Gasteiger partial charge is 0.488 e. The number of carbonyl (C=O) groups excluding carboxylic acids is 1. The van der Waals surface area contributed by atoms with Crippen LogP contribution in [0.25, 0.3) is 0 Å². The number of halogens is 4. The summed E-state index contributed by atoms with van der Waals surface area (Å²) in [5, 5.41) is 7.92. The Morgan fingerprint density at radius 3 is 2.73 bits per heavy atom. The molecule has 0 saturated carbocycles. The third kappa shape index (κ3) is 4.84. The van der Waals surface area contributed by atoms with Gasteiger partial charge in [-0.1, -0.05) is 28.4 Å². The van der Waals surface area contributed by atoms with E-state index >= 15 is 0 Å². The fraction of sp³-hybridized carbons (Fsp3) is 0.421. The van der Waals surface area contributed by atoms with Gasteiger partial charge >= 0.3 is 0 Å². The monoisotopic (exact) mass is 460 g/mol. The van der Waals surface area contributed by atoms with E-state index < -0.39 is 18.0 Å². The Morgan fingerprint density at radius 1 is 1.40 bits per heavy atom. The van der Waals surface area contributed by atoms with Crippen LogP contribution in [-0.4, -0.2) is 53.1 Å². The molecule has 1 atom stereocenters. The Morgan fingerprint density at radius 2 is 2.10 bits per heavy atom. The van der Waals surface area contributed by atoms with Gasteiger partial charge in [-0.15, -0.1) is 0 Å². The maximum Gasteiger partial charge on any atom is 0.282 e. The summed E-state index contributed by atoms with van der Waals surface area (Å²) in [6, 6.07) is 2.94. The lowest BCUT2D eigenvalue weighted by atomic mass is 10.2. The van der Waals surface area contributed by atoms with Gasteiger partial charge in [0.15, 0.2) is 5.75 Å². The molecule has 1 aromatic carbocycles. The van der Waals surface area contributed by atoms with Crippen LogP contribution in [-0.2, 0) is 11.9 Å². The minimum absolute atomic E-state index is 0.0998. The van der Waals surface area contributed by atoms with Crippen molar-refractivity contribution in [3.05, 3.63) is 45.2 Å². The van der Waals surface area contributed by atoms with E-state index in [0.717, 1.165) is 6.42 Å². The molecule has 0 spiro atoms. The van der Waals surface area contributed by atoms with E-state index in [9.17, 15) is 13.6 Å². The smallest absolute Gasteiger partial charge is 0.282 e. The summed E-state index contributed by atoms with van der Waals surface area (Å²) in [4.78, 5) is 19.1. The van der Waals surface area contributed by atoms with Crippen molar-refractivity contribution in [1.29, 1.82) is 0 Å². The average Bonchev–Trinajstić information content (AvgIpc) is 3.31. The quantitative estimate of drug-likeness (QED) is 0.455. The standard InChI is InChI=1S/C19H20Cl2F2N4O3/c1-26-9-13(16(25-26)18(22)23)19(28)27-5-3-4-12(27)10-30-17-14(20)6-11(7-15(17)21)8-24-29-2/h6-9,12,18H,3-5,10H2,1-2H3/b24-8+/t12-/m0/s1. The van der Waals surface area contributed by atoms with Gasteiger partial charge < -0.3 is 14.5 Å². The summed E-state index contributed by atoms with van der Waals surface area (Å²) >= 11 is 12.5. The topological polar surface area (TPSA) is 69.0 Å². The van der Waals surface area contributed by atoms with Crippen LogP contribution in [0.1, 0.15) is 40.9 Å². The summed E-state index contributed by atoms with van der Waals surface area (Å²) in [5.41, 5.74) is 0.0127. The fourth-order valence-electron chi connectivity index (χ4n) is 3.35. The number of hydrogen-bond acceptors (Lipinski definition) is 5. The zero-order valence-electron chi connectivity index (χ0n) is 16.3. The van der Waals surface area contributed by atoms with Gasteiger partial charge in [-0.25, -0.2) is 8.78 Å². The number of likely N-dealkylation sites (tertiary alicyclic amines) is 1. The van der Waals surface area contributed by atoms with E-state index in [4.69, 9.17) is 27.9 Å². The Labute approximate surface area is 182 Å². The number of oxime groups is 1. The van der Waals surface area contributed by atoms with Crippen molar-refractivity contribution in [3.8, 4) is 5.75 Å². The summed E-state index contributed by atoms with van der Waals surface area (Å²) in [5.74, 6) is -0.213. The van der Waals surface area contributed by atoms with Crippen LogP contribution in [0.4, 0.5) is 8.78 Å². The molecule has 7 nitrogen and oxygen atoms in total. The first kappa shape index (κ1) is 22.3. The second-order valence-electron chi connectivity index (χ2n) is 6.74. The molecule has 1 saturated heterocycles. The van der Waals surface area contributed by atoms with Crippen LogP contribution < -0.4 is 4.74 Å². The van der Waals surface area contributed by atoms with Gasteiger partial charge in [-0.2, -0.15) is 5.10 Å². The first-order chi connectivity index (χ1) is 14.3. The van der Waals surface area contributed by atoms with Crippen molar-refractivity contribution < 1.29 is 23.1 Å². The van der Waals surface area contributed by atoms with Gasteiger partial charge in [0.25, 0.3) is 12.3 Å². The van der Waals surface area contributed by atoms with E-state index in [1.807, 2.05) is 0 Å². The van der Waals surface area contributed by atoms with E-state index in [-0.39, 0.29) is 34.0 Å². The molecule has 1 aliphatic heterocycles. The molecule has 162 valence electrons. The molecule has 1 aliphatic rings. The Balaban J connectivity index is 1.73. The van der Waals surface area contributed by atoms with E-state index in [1.54, 1.807) is 12.1 Å². The number of hydrogen-bond donors (Lipinski definition) is 0. The van der Waals surface area contributed by atoms with Crippen LogP contribution in [0.15, 0.2) is 23.5 Å². The number of benzene rings is 1. The molecule has 2 heterocycles. The summed E-state index contributed by atoms with van der Waals surface area (Å²) in [7, 11) is 2.92. The zero-order valence-corrected chi connectivity index (χ0v) is 17.8. The van der Waals surface area contributed by atoms with Gasteiger partial charge in [0.05, 0.1) is 27.9 Å². The average molecular weight is 461 g/mol. The van der Waals surface area contributed by atoms with Gasteiger partial charge in [0.2, 0.25) is 0 Å². The lowest BCUT2D eigenvalue weighted by Gasteiger charge is -2.25. The lowest BCUT2D eigenvalue weighted by molar-refractivity contribution is 0.0680. The lowest BCUT2D eigenvalue weighted by Crippen LogP contribution is -2.39. The molecule has 3 rings (SSSR count). The second-order valence-corrected chi connectivity index (χ2v) is 7.55. The molecular weight excluding hydrogens is 441 g/mol. The predicted octanol–water partition coefficient (Wildman–Crippen LogP) is 4.33. The van der Waals surface area contributed by atoms with Crippen molar-refractivity contribution >= 4 is 35.3 Å². The molecule has 0 bridgehead atoms. The van der Waals surface area contributed by atoms with Crippen LogP contribution >= 0.6 is 23.2 Å². The maximum atomic E-state index is 13.2. The number of nitrogens with zero attached hydrogens (tertiary/aromatic N) is 4. The van der Waals surface area contributed by atoms with Crippen molar-refractivity contribution in [2.75, 3.05) is 20.3 Å². The van der Waals surface area contributed by atoms with E-state index in [1.165, 1.54) is 36.2 Å². The highest BCUT2D eigenvalue weighted by molar-refractivity contribution is 6.37. The SMILES string of the molecule is CO/N=C/c1cc(Cl)c(OC[C@@H]2CCCN2C(=O)c2cn(C)nc2C(F)F)c(Cl)c1. The van der Waals surface area contributed by atoms with Crippen molar-refractivity contribution in [2.45, 2.75) is 25.3 Å². The van der Waals surface area contributed by atoms with Crippen molar-refractivity contribution in [2.24, 2.45) is 12.2 Å². The first-order valence-corrected chi connectivity index (χ1v) is 9.88. The number of alkyl halides is 2. The van der Waals surface area contributed by atoms with Crippen molar-refractivity contribution in [1.82, 2.24) is 14.7 Å². The summed E-state index contributed by atoms with van der Waals surface area (Å²) < 4.78 is 33.5. The number of ether oxygens (including phenoxy) is 1. The molecule has 0 aliphatic carbocycles. The van der Waals surface area contributed by atoms with Gasteiger partial charge in [-0.3, -0.25) is 9.48 Å². The first-order valence-electron chi connectivity index (χ1n) is 9.12. The highest BCUT2D eigenvalue weighted by atomic mass is 35.5. The molecule has 2 aromatic rings. The number of rotatable bonds is 7. The third-order valence-corrected chi connectivity index (χ3v) is 5.24. The van der Waals surface area contributed by atoms with Crippen molar-refractivity contribution in [3.63, 3.8) is 0 Å². The molecular formula is C19H20Cl2F2N4O3. The molecule has 1 aromatic heterocycles. The van der Waals surface area contributed by atoms with Crippen LogP contribution in [0.2, 0.25) is 10.0 Å². The normalized spacial score (nSPS) is 16.6. The molecule has 0 radical (unpaired) electrons. The highest BCUT2D eigenvalue weighted by Gasteiger charge is 2.34. The molecule has 30 heavy (non-hydrogen) atoms. The number of carbonyl (C=O) groups is 1. The summed E-state index contributed by atoms with van der Waals surface area (Å²) in [6.45, 7) is 0.569. The Bertz CT molecular complexity index is 929. The minimum atomic E-state index is -2.83. The van der Waals surface area contributed by atoms with Gasteiger partial charge in [0.1, 0.15) is 19.4 Å². The van der Waals surface area contributed by atoms with E-state index in [2.05, 4.69) is 15.1 Å².